The Labute approximate surface area is 149 Å². The van der Waals surface area contributed by atoms with Crippen molar-refractivity contribution in [1.82, 2.24) is 24.4 Å². The first-order valence-electron chi connectivity index (χ1n) is 8.40. The number of halogens is 1. The van der Waals surface area contributed by atoms with Gasteiger partial charge in [-0.15, -0.1) is 0 Å². The van der Waals surface area contributed by atoms with E-state index in [0.717, 1.165) is 61.4 Å². The van der Waals surface area contributed by atoms with Crippen molar-refractivity contribution in [3.05, 3.63) is 22.9 Å². The Bertz CT molecular complexity index is 756. The lowest BCUT2D eigenvalue weighted by molar-refractivity contribution is 0.159. The maximum absolute atomic E-state index is 12.6. The second kappa shape index (κ2) is 6.23. The molecule has 0 aromatic carbocycles. The molecule has 7 nitrogen and oxygen atoms in total. The Morgan fingerprint density at radius 2 is 2.12 bits per heavy atom. The monoisotopic (exact) mass is 392 g/mol. The number of hydrogen-bond donors (Lipinski definition) is 0. The van der Waals surface area contributed by atoms with Crippen molar-refractivity contribution in [3.8, 4) is 0 Å². The summed E-state index contributed by atoms with van der Waals surface area (Å²) < 4.78 is 2.64. The highest BCUT2D eigenvalue weighted by Crippen LogP contribution is 2.24. The Kier molecular flexibility index (Phi) is 4.07. The molecule has 2 aliphatic rings. The van der Waals surface area contributed by atoms with Crippen molar-refractivity contribution in [2.75, 3.05) is 38.1 Å². The number of hydrogen-bond acceptors (Lipinski definition) is 4. The fourth-order valence-electron chi connectivity index (χ4n) is 3.56. The number of anilines is 1. The third-order valence-electron chi connectivity index (χ3n) is 5.02. The summed E-state index contributed by atoms with van der Waals surface area (Å²) in [5, 5.41) is 4.23. The van der Waals surface area contributed by atoms with Crippen LogP contribution in [0.25, 0.3) is 5.65 Å². The molecule has 0 radical (unpaired) electrons. The van der Waals surface area contributed by atoms with E-state index in [1.165, 1.54) is 0 Å². The van der Waals surface area contributed by atoms with E-state index < -0.39 is 0 Å². The van der Waals surface area contributed by atoms with E-state index in [9.17, 15) is 4.79 Å². The molecule has 0 spiro atoms. The highest BCUT2D eigenvalue weighted by molar-refractivity contribution is 9.10. The van der Waals surface area contributed by atoms with Gasteiger partial charge in [0.2, 0.25) is 0 Å². The van der Waals surface area contributed by atoms with Crippen molar-refractivity contribution < 1.29 is 4.79 Å². The van der Waals surface area contributed by atoms with E-state index >= 15 is 0 Å². The predicted molar refractivity (Wildman–Crippen MR) is 95.3 cm³/mol. The van der Waals surface area contributed by atoms with Crippen LogP contribution in [0.1, 0.15) is 19.3 Å². The van der Waals surface area contributed by atoms with E-state index in [-0.39, 0.29) is 12.1 Å². The first-order valence-corrected chi connectivity index (χ1v) is 9.19. The number of likely N-dealkylation sites (tertiary alicyclic amines) is 1. The molecule has 2 saturated heterocycles. The normalized spacial score (nSPS) is 21.0. The van der Waals surface area contributed by atoms with Crippen LogP contribution >= 0.6 is 15.9 Å². The molecule has 8 heteroatoms. The fourth-order valence-corrected chi connectivity index (χ4v) is 3.92. The molecule has 0 aliphatic carbocycles. The molecular weight excluding hydrogens is 372 g/mol. The maximum Gasteiger partial charge on any atom is 0.320 e. The van der Waals surface area contributed by atoms with Gasteiger partial charge >= 0.3 is 6.03 Å². The number of amides is 2. The van der Waals surface area contributed by atoms with Crippen molar-refractivity contribution in [2.24, 2.45) is 0 Å². The minimum atomic E-state index is 0.168. The molecule has 128 valence electrons. The first-order chi connectivity index (χ1) is 11.6. The smallest absolute Gasteiger partial charge is 0.320 e. The molecule has 2 amide bonds. The zero-order valence-electron chi connectivity index (χ0n) is 13.7. The molecule has 1 atom stereocenters. The van der Waals surface area contributed by atoms with Crippen molar-refractivity contribution in [1.29, 1.82) is 0 Å². The summed E-state index contributed by atoms with van der Waals surface area (Å²) >= 11 is 3.48. The number of aromatic nitrogens is 3. The topological polar surface area (TPSA) is 57.0 Å². The molecule has 4 rings (SSSR count). The van der Waals surface area contributed by atoms with Crippen molar-refractivity contribution in [2.45, 2.75) is 25.3 Å². The molecular formula is C16H21BrN6O. The molecule has 2 fully saturated rings. The van der Waals surface area contributed by atoms with E-state index in [0.29, 0.717) is 0 Å². The van der Waals surface area contributed by atoms with Gasteiger partial charge in [-0.3, -0.25) is 0 Å². The molecule has 0 bridgehead atoms. The van der Waals surface area contributed by atoms with Gasteiger partial charge < -0.3 is 14.7 Å². The van der Waals surface area contributed by atoms with Gasteiger partial charge in [0.1, 0.15) is 5.82 Å². The highest BCUT2D eigenvalue weighted by atomic mass is 79.9. The quantitative estimate of drug-likeness (QED) is 0.785. The van der Waals surface area contributed by atoms with Gasteiger partial charge in [0.15, 0.2) is 5.65 Å². The summed E-state index contributed by atoms with van der Waals surface area (Å²) in [6.07, 6.45) is 6.90. The summed E-state index contributed by atoms with van der Waals surface area (Å²) in [7, 11) is 1.93. The zero-order valence-corrected chi connectivity index (χ0v) is 15.3. The standard InChI is InChI=1S/C16H21BrN6O/c1-20(16(24)21-6-2-3-7-21)12-4-8-22(11-12)14-5-9-23-15(19-14)13(17)10-18-23/h5,9-10,12H,2-4,6-8,11H2,1H3/t12-/m0/s1. The van der Waals surface area contributed by atoms with Crippen LogP contribution in [0.4, 0.5) is 10.6 Å². The largest absolute Gasteiger partial charge is 0.354 e. The average molecular weight is 393 g/mol. The minimum Gasteiger partial charge on any atom is -0.354 e. The second-order valence-corrected chi connectivity index (χ2v) is 7.38. The summed E-state index contributed by atoms with van der Waals surface area (Å²) in [6, 6.07) is 2.39. The zero-order chi connectivity index (χ0) is 16.7. The second-order valence-electron chi connectivity index (χ2n) is 6.52. The van der Waals surface area contributed by atoms with Gasteiger partial charge in [-0.2, -0.15) is 5.10 Å². The van der Waals surface area contributed by atoms with Crippen LogP contribution in [0.5, 0.6) is 0 Å². The van der Waals surface area contributed by atoms with Crippen LogP contribution in [-0.4, -0.2) is 69.7 Å². The predicted octanol–water partition coefficient (Wildman–Crippen LogP) is 2.22. The van der Waals surface area contributed by atoms with E-state index in [4.69, 9.17) is 4.98 Å². The van der Waals surface area contributed by atoms with Crippen LogP contribution < -0.4 is 4.90 Å². The molecule has 0 unspecified atom stereocenters. The van der Waals surface area contributed by atoms with Crippen LogP contribution in [0, 0.1) is 0 Å². The number of carbonyl (C=O) groups is 1. The Balaban J connectivity index is 1.46. The lowest BCUT2D eigenvalue weighted by atomic mass is 10.2. The Morgan fingerprint density at radius 1 is 1.33 bits per heavy atom. The van der Waals surface area contributed by atoms with Gasteiger partial charge in [0.25, 0.3) is 0 Å². The molecule has 4 heterocycles. The lowest BCUT2D eigenvalue weighted by Crippen LogP contribution is -2.46. The van der Waals surface area contributed by atoms with Crippen LogP contribution in [0.2, 0.25) is 0 Å². The third kappa shape index (κ3) is 2.72. The summed E-state index contributed by atoms with van der Waals surface area (Å²) in [6.45, 7) is 3.53. The van der Waals surface area contributed by atoms with Crippen molar-refractivity contribution >= 4 is 33.4 Å². The van der Waals surface area contributed by atoms with Crippen LogP contribution in [0.3, 0.4) is 0 Å². The average Bonchev–Trinajstić information content (AvgIpc) is 3.34. The van der Waals surface area contributed by atoms with E-state index in [1.807, 2.05) is 29.1 Å². The third-order valence-corrected chi connectivity index (χ3v) is 5.58. The lowest BCUT2D eigenvalue weighted by Gasteiger charge is -2.29. The van der Waals surface area contributed by atoms with Gasteiger partial charge in [-0.05, 0) is 41.3 Å². The van der Waals surface area contributed by atoms with Gasteiger partial charge in [-0.25, -0.2) is 14.3 Å². The number of urea groups is 1. The molecule has 0 N–H and O–H groups in total. The maximum atomic E-state index is 12.6. The highest BCUT2D eigenvalue weighted by Gasteiger charge is 2.32. The van der Waals surface area contributed by atoms with Crippen LogP contribution in [-0.2, 0) is 0 Å². The molecule has 2 aromatic rings. The molecule has 0 saturated carbocycles. The van der Waals surface area contributed by atoms with Gasteiger partial charge in [-0.1, -0.05) is 0 Å². The van der Waals surface area contributed by atoms with Gasteiger partial charge in [0.05, 0.1) is 16.7 Å². The Hall–Kier alpha value is -1.83. The summed E-state index contributed by atoms with van der Waals surface area (Å²) in [5.41, 5.74) is 0.817. The number of likely N-dealkylation sites (N-methyl/N-ethyl adjacent to an activating group) is 1. The van der Waals surface area contributed by atoms with E-state index in [1.54, 1.807) is 10.7 Å². The number of fused-ring (bicyclic) bond motifs is 1. The van der Waals surface area contributed by atoms with Gasteiger partial charge in [0, 0.05) is 39.4 Å². The Morgan fingerprint density at radius 3 is 2.92 bits per heavy atom. The van der Waals surface area contributed by atoms with E-state index in [2.05, 4.69) is 25.9 Å². The molecule has 2 aromatic heterocycles. The minimum absolute atomic E-state index is 0.168. The SMILES string of the molecule is CN(C(=O)N1CCCC1)[C@H]1CCN(c2ccn3ncc(Br)c3n2)C1. The number of nitrogens with zero attached hydrogens (tertiary/aromatic N) is 6. The van der Waals surface area contributed by atoms with Crippen LogP contribution in [0.15, 0.2) is 22.9 Å². The number of rotatable bonds is 2. The summed E-state index contributed by atoms with van der Waals surface area (Å²) in [5.74, 6) is 0.938. The number of carbonyl (C=O) groups excluding carboxylic acids is 1. The fraction of sp³-hybridized carbons (Fsp3) is 0.562. The summed E-state index contributed by atoms with van der Waals surface area (Å²) in [4.78, 5) is 23.4. The first kappa shape index (κ1) is 15.7. The molecule has 24 heavy (non-hydrogen) atoms. The molecule has 2 aliphatic heterocycles. The van der Waals surface area contributed by atoms with Crippen molar-refractivity contribution in [3.63, 3.8) is 0 Å².